The number of rotatable bonds is 7. The highest BCUT2D eigenvalue weighted by Gasteiger charge is 2.18. The molecule has 0 radical (unpaired) electrons. The van der Waals surface area contributed by atoms with Gasteiger partial charge in [0.2, 0.25) is 0 Å². The first kappa shape index (κ1) is 14.7. The smallest absolute Gasteiger partial charge is 0.334 e. The van der Waals surface area contributed by atoms with Gasteiger partial charge < -0.3 is 20.1 Å². The molecule has 6 heteroatoms. The van der Waals surface area contributed by atoms with Crippen LogP contribution in [-0.2, 0) is 9.53 Å². The first-order valence-electron chi connectivity index (χ1n) is 5.35. The maximum absolute atomic E-state index is 11.6. The number of urea groups is 1. The molecule has 0 heterocycles. The van der Waals surface area contributed by atoms with Crippen molar-refractivity contribution in [2.75, 3.05) is 26.7 Å². The molecule has 0 rings (SSSR count). The fraction of sp³-hybridized carbons (Fsp3) is 0.800. The zero-order valence-corrected chi connectivity index (χ0v) is 10.0. The topological polar surface area (TPSA) is 78.9 Å². The molecule has 0 bridgehead atoms. The Kier molecular flexibility index (Phi) is 7.28. The van der Waals surface area contributed by atoms with Crippen LogP contribution in [0.5, 0.6) is 0 Å². The van der Waals surface area contributed by atoms with E-state index in [1.807, 2.05) is 13.8 Å². The Labute approximate surface area is 95.6 Å². The van der Waals surface area contributed by atoms with Crippen LogP contribution in [0.1, 0.15) is 20.3 Å². The molecule has 0 aliphatic carbocycles. The molecule has 2 amide bonds. The summed E-state index contributed by atoms with van der Waals surface area (Å²) in [6, 6.07) is -0.257. The van der Waals surface area contributed by atoms with Crippen LogP contribution in [0.2, 0.25) is 0 Å². The number of carbonyl (C=O) groups excluding carboxylic acids is 1. The highest BCUT2D eigenvalue weighted by Crippen LogP contribution is 1.93. The molecule has 0 saturated heterocycles. The van der Waals surface area contributed by atoms with Gasteiger partial charge in [-0.05, 0) is 13.3 Å². The third-order valence-corrected chi connectivity index (χ3v) is 2.16. The van der Waals surface area contributed by atoms with E-state index in [0.717, 1.165) is 6.42 Å². The van der Waals surface area contributed by atoms with Gasteiger partial charge in [-0.15, -0.1) is 0 Å². The number of hydrogen-bond donors (Lipinski definition) is 2. The van der Waals surface area contributed by atoms with Crippen molar-refractivity contribution in [1.82, 2.24) is 10.2 Å². The summed E-state index contributed by atoms with van der Waals surface area (Å²) in [6.07, 6.45) is -0.127. The second kappa shape index (κ2) is 7.92. The van der Waals surface area contributed by atoms with Gasteiger partial charge in [0.1, 0.15) is 0 Å². The van der Waals surface area contributed by atoms with Gasteiger partial charge in [-0.25, -0.2) is 9.59 Å². The summed E-state index contributed by atoms with van der Waals surface area (Å²) < 4.78 is 4.70. The summed E-state index contributed by atoms with van der Waals surface area (Å²) in [5.74, 6) is -1.08. The Bertz CT molecular complexity index is 233. The van der Waals surface area contributed by atoms with E-state index in [4.69, 9.17) is 9.84 Å². The van der Waals surface area contributed by atoms with Gasteiger partial charge in [0.15, 0.2) is 6.10 Å². The van der Waals surface area contributed by atoms with Crippen molar-refractivity contribution in [3.8, 4) is 0 Å². The second-order valence-electron chi connectivity index (χ2n) is 3.33. The predicted molar refractivity (Wildman–Crippen MR) is 59.4 cm³/mol. The summed E-state index contributed by atoms with van der Waals surface area (Å²) in [7, 11) is 1.30. The maximum Gasteiger partial charge on any atom is 0.334 e. The van der Waals surface area contributed by atoms with E-state index in [9.17, 15) is 9.59 Å². The number of hydrogen-bond acceptors (Lipinski definition) is 3. The van der Waals surface area contributed by atoms with Crippen LogP contribution in [0.4, 0.5) is 4.79 Å². The molecule has 0 aliphatic rings. The summed E-state index contributed by atoms with van der Waals surface area (Å²) >= 11 is 0. The highest BCUT2D eigenvalue weighted by atomic mass is 16.5. The molecule has 94 valence electrons. The van der Waals surface area contributed by atoms with Crippen LogP contribution in [0.15, 0.2) is 0 Å². The normalized spacial score (nSPS) is 11.9. The molecule has 0 aromatic carbocycles. The van der Waals surface area contributed by atoms with E-state index in [2.05, 4.69) is 5.32 Å². The van der Waals surface area contributed by atoms with Crippen molar-refractivity contribution in [3.05, 3.63) is 0 Å². The number of methoxy groups -OCH3 is 1. The molecule has 0 spiro atoms. The van der Waals surface area contributed by atoms with E-state index >= 15 is 0 Å². The minimum atomic E-state index is -1.08. The van der Waals surface area contributed by atoms with E-state index in [-0.39, 0.29) is 12.6 Å². The van der Waals surface area contributed by atoms with Crippen molar-refractivity contribution in [2.24, 2.45) is 0 Å². The van der Waals surface area contributed by atoms with Crippen molar-refractivity contribution in [2.45, 2.75) is 26.4 Å². The Morgan fingerprint density at radius 3 is 2.44 bits per heavy atom. The average Bonchev–Trinajstić information content (AvgIpc) is 2.25. The van der Waals surface area contributed by atoms with Crippen LogP contribution in [0, 0.1) is 0 Å². The standard InChI is InChI=1S/C10H20N2O4/c1-4-6-12(5-2)10(15)11-7-8(16-3)9(13)14/h8H,4-7H2,1-3H3,(H,11,15)(H,13,14). The number of nitrogens with zero attached hydrogens (tertiary/aromatic N) is 1. The van der Waals surface area contributed by atoms with Crippen LogP contribution < -0.4 is 5.32 Å². The quantitative estimate of drug-likeness (QED) is 0.671. The Balaban J connectivity index is 4.07. The first-order chi connectivity index (χ1) is 7.56. The van der Waals surface area contributed by atoms with Crippen molar-refractivity contribution in [1.29, 1.82) is 0 Å². The lowest BCUT2D eigenvalue weighted by atomic mass is 10.3. The van der Waals surface area contributed by atoms with Crippen LogP contribution in [-0.4, -0.2) is 54.9 Å². The summed E-state index contributed by atoms with van der Waals surface area (Å²) in [4.78, 5) is 23.8. The summed E-state index contributed by atoms with van der Waals surface area (Å²) in [6.45, 7) is 5.09. The molecule has 0 fully saturated rings. The van der Waals surface area contributed by atoms with E-state index in [0.29, 0.717) is 13.1 Å². The highest BCUT2D eigenvalue weighted by molar-refractivity contribution is 5.76. The lowest BCUT2D eigenvalue weighted by Gasteiger charge is -2.21. The number of carboxylic acid groups (broad SMARTS) is 1. The van der Waals surface area contributed by atoms with Gasteiger partial charge in [-0.1, -0.05) is 6.92 Å². The first-order valence-corrected chi connectivity index (χ1v) is 5.35. The molecule has 16 heavy (non-hydrogen) atoms. The lowest BCUT2D eigenvalue weighted by Crippen LogP contribution is -2.45. The fourth-order valence-corrected chi connectivity index (χ4v) is 1.24. The van der Waals surface area contributed by atoms with Crippen molar-refractivity contribution in [3.63, 3.8) is 0 Å². The van der Waals surface area contributed by atoms with E-state index in [1.165, 1.54) is 7.11 Å². The molecule has 0 aliphatic heterocycles. The fourth-order valence-electron chi connectivity index (χ4n) is 1.24. The molecule has 0 saturated carbocycles. The number of ether oxygens (including phenoxy) is 1. The van der Waals surface area contributed by atoms with Crippen molar-refractivity contribution < 1.29 is 19.4 Å². The molecule has 2 N–H and O–H groups in total. The second-order valence-corrected chi connectivity index (χ2v) is 3.33. The summed E-state index contributed by atoms with van der Waals surface area (Å²) in [5, 5.41) is 11.2. The number of aliphatic carboxylic acids is 1. The van der Waals surface area contributed by atoms with Gasteiger partial charge in [0, 0.05) is 20.2 Å². The van der Waals surface area contributed by atoms with Gasteiger partial charge in [-0.3, -0.25) is 0 Å². The minimum Gasteiger partial charge on any atom is -0.479 e. The van der Waals surface area contributed by atoms with Gasteiger partial charge in [-0.2, -0.15) is 0 Å². The molecule has 1 unspecified atom stereocenters. The zero-order valence-electron chi connectivity index (χ0n) is 10.0. The number of carbonyl (C=O) groups is 2. The predicted octanol–water partition coefficient (Wildman–Crippen LogP) is 0.527. The molecule has 1 atom stereocenters. The zero-order chi connectivity index (χ0) is 12.6. The van der Waals surface area contributed by atoms with Gasteiger partial charge in [0.05, 0.1) is 6.54 Å². The molecule has 0 aromatic rings. The van der Waals surface area contributed by atoms with Gasteiger partial charge >= 0.3 is 12.0 Å². The molecule has 0 aromatic heterocycles. The van der Waals surface area contributed by atoms with E-state index < -0.39 is 12.1 Å². The summed E-state index contributed by atoms with van der Waals surface area (Å²) in [5.41, 5.74) is 0. The lowest BCUT2D eigenvalue weighted by molar-refractivity contribution is -0.148. The van der Waals surface area contributed by atoms with Crippen molar-refractivity contribution >= 4 is 12.0 Å². The SMILES string of the molecule is CCCN(CC)C(=O)NCC(OC)C(=O)O. The Morgan fingerprint density at radius 1 is 1.44 bits per heavy atom. The average molecular weight is 232 g/mol. The number of amides is 2. The monoisotopic (exact) mass is 232 g/mol. The third-order valence-electron chi connectivity index (χ3n) is 2.16. The third kappa shape index (κ3) is 4.97. The van der Waals surface area contributed by atoms with Crippen LogP contribution >= 0.6 is 0 Å². The maximum atomic E-state index is 11.6. The molecule has 6 nitrogen and oxygen atoms in total. The Hall–Kier alpha value is -1.30. The van der Waals surface area contributed by atoms with Gasteiger partial charge in [0.25, 0.3) is 0 Å². The molecular weight excluding hydrogens is 212 g/mol. The number of nitrogens with one attached hydrogen (secondary N) is 1. The minimum absolute atomic E-state index is 0.0229. The number of carboxylic acids is 1. The largest absolute Gasteiger partial charge is 0.479 e. The van der Waals surface area contributed by atoms with Crippen LogP contribution in [0.3, 0.4) is 0 Å². The van der Waals surface area contributed by atoms with Crippen LogP contribution in [0.25, 0.3) is 0 Å². The Morgan fingerprint density at radius 2 is 2.06 bits per heavy atom. The van der Waals surface area contributed by atoms with E-state index in [1.54, 1.807) is 4.90 Å². The molecular formula is C10H20N2O4.